The van der Waals surface area contributed by atoms with Gasteiger partial charge >= 0.3 is 0 Å². The summed E-state index contributed by atoms with van der Waals surface area (Å²) < 4.78 is 49.1. The van der Waals surface area contributed by atoms with Gasteiger partial charge in [-0.1, -0.05) is 44.2 Å². The molecule has 2 unspecified atom stereocenters. The molecule has 0 aliphatic rings. The van der Waals surface area contributed by atoms with Crippen molar-refractivity contribution < 1.29 is 16.8 Å². The van der Waals surface area contributed by atoms with Gasteiger partial charge in [0.2, 0.25) is 0 Å². The lowest BCUT2D eigenvalue weighted by Gasteiger charge is -2.15. The molecule has 0 saturated carbocycles. The molecule has 0 N–H and O–H groups in total. The molecule has 6 heteroatoms. The van der Waals surface area contributed by atoms with E-state index in [1.54, 1.807) is 30.3 Å². The van der Waals surface area contributed by atoms with Crippen molar-refractivity contribution in [3.8, 4) is 0 Å². The molecule has 2 atom stereocenters. The van der Waals surface area contributed by atoms with Gasteiger partial charge in [-0.3, -0.25) is 0 Å². The largest absolute Gasteiger partial charge is 0.222 e. The van der Waals surface area contributed by atoms with Crippen molar-refractivity contribution >= 4 is 19.7 Å². The highest BCUT2D eigenvalue weighted by Gasteiger charge is 2.35. The summed E-state index contributed by atoms with van der Waals surface area (Å²) in [5.74, 6) is 0.326. The molecule has 0 saturated heterocycles. The fraction of sp³-hybridized carbons (Fsp3) is 0.333. The Bertz CT molecular complexity index is 884. The molecule has 2 aromatic carbocycles. The molecule has 0 spiro atoms. The van der Waals surface area contributed by atoms with Gasteiger partial charge in [0.05, 0.1) is 9.79 Å². The maximum atomic E-state index is 12.7. The van der Waals surface area contributed by atoms with Gasteiger partial charge in [0.15, 0.2) is 24.3 Å². The molecule has 0 aliphatic heterocycles. The van der Waals surface area contributed by atoms with Gasteiger partial charge in [-0.2, -0.15) is 0 Å². The predicted octanol–water partition coefficient (Wildman–Crippen LogP) is 3.79. The summed E-state index contributed by atoms with van der Waals surface area (Å²) in [6.45, 7) is 5.34. The molecule has 0 radical (unpaired) electrons. The molecule has 0 aliphatic carbocycles. The standard InChI is InChI=1S/C18H22O4S2/c1-4-14(2)16-10-12-18(13-11-16)24(21,22)15(3)23(19,20)17-8-6-5-7-9-17/h5-15H,4H2,1-3H3. The molecule has 24 heavy (non-hydrogen) atoms. The first kappa shape index (κ1) is 18.7. The second-order valence-electron chi connectivity index (χ2n) is 5.85. The molecule has 0 heterocycles. The molecule has 0 fully saturated rings. The molecule has 0 bridgehead atoms. The Morgan fingerprint density at radius 2 is 1.21 bits per heavy atom. The van der Waals surface area contributed by atoms with Crippen molar-refractivity contribution in [3.63, 3.8) is 0 Å². The van der Waals surface area contributed by atoms with Gasteiger partial charge in [0.25, 0.3) is 0 Å². The molecule has 0 aromatic heterocycles. The molecule has 4 nitrogen and oxygen atoms in total. The van der Waals surface area contributed by atoms with Crippen LogP contribution in [0.5, 0.6) is 0 Å². The second kappa shape index (κ2) is 7.07. The van der Waals surface area contributed by atoms with E-state index in [0.717, 1.165) is 12.0 Å². The number of rotatable bonds is 6. The Morgan fingerprint density at radius 1 is 0.750 bits per heavy atom. The first-order valence-electron chi connectivity index (χ1n) is 7.84. The Morgan fingerprint density at radius 3 is 1.67 bits per heavy atom. The first-order valence-corrected chi connectivity index (χ1v) is 10.9. The lowest BCUT2D eigenvalue weighted by atomic mass is 9.99. The van der Waals surface area contributed by atoms with Crippen molar-refractivity contribution in [2.45, 2.75) is 47.5 Å². The quantitative estimate of drug-likeness (QED) is 0.780. The van der Waals surface area contributed by atoms with Crippen LogP contribution < -0.4 is 0 Å². The van der Waals surface area contributed by atoms with Crippen LogP contribution in [0.2, 0.25) is 0 Å². The van der Waals surface area contributed by atoms with Gasteiger partial charge in [-0.05, 0) is 49.1 Å². The van der Waals surface area contributed by atoms with Crippen LogP contribution in [-0.4, -0.2) is 21.4 Å². The van der Waals surface area contributed by atoms with Crippen LogP contribution in [0.1, 0.15) is 38.7 Å². The number of benzene rings is 2. The summed E-state index contributed by atoms with van der Waals surface area (Å²) >= 11 is 0. The summed E-state index contributed by atoms with van der Waals surface area (Å²) in [4.78, 5) is 0.0406. The monoisotopic (exact) mass is 366 g/mol. The Kier molecular flexibility index (Phi) is 5.50. The highest BCUT2D eigenvalue weighted by molar-refractivity contribution is 8.09. The summed E-state index contributed by atoms with van der Waals surface area (Å²) in [5.41, 5.74) is 1.04. The fourth-order valence-electron chi connectivity index (χ4n) is 2.38. The van der Waals surface area contributed by atoms with E-state index in [4.69, 9.17) is 0 Å². The average molecular weight is 367 g/mol. The zero-order valence-electron chi connectivity index (χ0n) is 14.0. The molecule has 2 rings (SSSR count). The number of sulfone groups is 2. The van der Waals surface area contributed by atoms with Crippen LogP contribution in [0.25, 0.3) is 0 Å². The summed E-state index contributed by atoms with van der Waals surface area (Å²) in [6, 6.07) is 14.2. The van der Waals surface area contributed by atoms with Crippen LogP contribution in [0.15, 0.2) is 64.4 Å². The first-order chi connectivity index (χ1) is 11.2. The van der Waals surface area contributed by atoms with Gasteiger partial charge in [-0.25, -0.2) is 16.8 Å². The van der Waals surface area contributed by atoms with Crippen LogP contribution in [0.3, 0.4) is 0 Å². The van der Waals surface area contributed by atoms with E-state index in [2.05, 4.69) is 13.8 Å². The van der Waals surface area contributed by atoms with Crippen LogP contribution in [0.4, 0.5) is 0 Å². The van der Waals surface area contributed by atoms with Gasteiger partial charge < -0.3 is 0 Å². The maximum Gasteiger partial charge on any atom is 0.195 e. The highest BCUT2D eigenvalue weighted by atomic mass is 32.3. The third-order valence-corrected chi connectivity index (χ3v) is 9.46. The van der Waals surface area contributed by atoms with Crippen molar-refractivity contribution in [3.05, 3.63) is 60.2 Å². The summed E-state index contributed by atoms with van der Waals surface area (Å²) in [5, 5.41) is 0. The van der Waals surface area contributed by atoms with Crippen molar-refractivity contribution in [2.24, 2.45) is 0 Å². The third-order valence-electron chi connectivity index (χ3n) is 4.34. The number of hydrogen-bond donors (Lipinski definition) is 0. The minimum atomic E-state index is -3.98. The third kappa shape index (κ3) is 3.54. The fourth-order valence-corrected chi connectivity index (χ4v) is 6.20. The van der Waals surface area contributed by atoms with Crippen LogP contribution >= 0.6 is 0 Å². The minimum Gasteiger partial charge on any atom is -0.222 e. The van der Waals surface area contributed by atoms with Crippen LogP contribution in [0, 0.1) is 0 Å². The van der Waals surface area contributed by atoms with Crippen molar-refractivity contribution in [1.29, 1.82) is 0 Å². The topological polar surface area (TPSA) is 68.3 Å². The van der Waals surface area contributed by atoms with Gasteiger partial charge in [0.1, 0.15) is 0 Å². The van der Waals surface area contributed by atoms with Crippen molar-refractivity contribution in [1.82, 2.24) is 0 Å². The molecule has 0 amide bonds. The number of hydrogen-bond acceptors (Lipinski definition) is 4. The van der Waals surface area contributed by atoms with Gasteiger partial charge in [0, 0.05) is 0 Å². The summed E-state index contributed by atoms with van der Waals surface area (Å²) in [7, 11) is -7.95. The predicted molar refractivity (Wildman–Crippen MR) is 95.4 cm³/mol. The maximum absolute atomic E-state index is 12.7. The SMILES string of the molecule is CCC(C)c1ccc(S(=O)(=O)C(C)S(=O)(=O)c2ccccc2)cc1. The molecule has 2 aromatic rings. The highest BCUT2D eigenvalue weighted by Crippen LogP contribution is 2.27. The van der Waals surface area contributed by atoms with E-state index < -0.39 is 24.3 Å². The zero-order valence-corrected chi connectivity index (χ0v) is 15.6. The normalized spacial score (nSPS) is 15.0. The summed E-state index contributed by atoms with van der Waals surface area (Å²) in [6.07, 6.45) is 0.949. The minimum absolute atomic E-state index is 0.0114. The van der Waals surface area contributed by atoms with E-state index in [-0.39, 0.29) is 9.79 Å². The Hall–Kier alpha value is -1.66. The van der Waals surface area contributed by atoms with Gasteiger partial charge in [-0.15, -0.1) is 0 Å². The Balaban J connectivity index is 2.39. The van der Waals surface area contributed by atoms with E-state index in [1.807, 2.05) is 0 Å². The Labute approximate surface area is 144 Å². The lowest BCUT2D eigenvalue weighted by molar-refractivity contribution is 0.577. The molecular weight excluding hydrogens is 344 g/mol. The van der Waals surface area contributed by atoms with E-state index in [9.17, 15) is 16.8 Å². The smallest absolute Gasteiger partial charge is 0.195 e. The van der Waals surface area contributed by atoms with E-state index in [1.165, 1.54) is 31.2 Å². The second-order valence-corrected chi connectivity index (χ2v) is 10.7. The molecular formula is C18H22O4S2. The lowest BCUT2D eigenvalue weighted by Crippen LogP contribution is -2.27. The van der Waals surface area contributed by atoms with E-state index in [0.29, 0.717) is 5.92 Å². The zero-order chi connectivity index (χ0) is 18.0. The van der Waals surface area contributed by atoms with E-state index >= 15 is 0 Å². The molecule has 130 valence electrons. The van der Waals surface area contributed by atoms with Crippen molar-refractivity contribution in [2.75, 3.05) is 0 Å². The van der Waals surface area contributed by atoms with Crippen LogP contribution in [-0.2, 0) is 19.7 Å². The average Bonchev–Trinajstić information content (AvgIpc) is 2.61.